The fourth-order valence-electron chi connectivity index (χ4n) is 1.22. The molecule has 0 aliphatic rings. The van der Waals surface area contributed by atoms with Crippen LogP contribution in [-0.2, 0) is 15.6 Å². The van der Waals surface area contributed by atoms with E-state index < -0.39 is 15.6 Å². The third-order valence-electron chi connectivity index (χ3n) is 2.28. The van der Waals surface area contributed by atoms with Crippen molar-refractivity contribution in [1.82, 2.24) is 0 Å². The first kappa shape index (κ1) is 13.0. The Bertz CT molecular complexity index is 444. The number of rotatable bonds is 4. The van der Waals surface area contributed by atoms with E-state index in [9.17, 15) is 8.42 Å². The molecule has 0 saturated heterocycles. The van der Waals surface area contributed by atoms with Crippen LogP contribution in [0.15, 0.2) is 24.3 Å². The molecule has 0 spiro atoms. The molecule has 90 valence electrons. The first-order chi connectivity index (χ1) is 7.24. The molecule has 0 saturated carbocycles. The van der Waals surface area contributed by atoms with Crippen molar-refractivity contribution in [3.63, 3.8) is 0 Å². The van der Waals surface area contributed by atoms with Gasteiger partial charge < -0.3 is 5.73 Å². The molecule has 0 bridgehead atoms. The average Bonchev–Trinajstić information content (AvgIpc) is 2.16. The highest BCUT2D eigenvalue weighted by Crippen LogP contribution is 2.19. The number of hydrogen-bond donors (Lipinski definition) is 2. The van der Waals surface area contributed by atoms with Crippen molar-refractivity contribution < 1.29 is 8.42 Å². The number of benzene rings is 1. The average molecular weight is 242 g/mol. The summed E-state index contributed by atoms with van der Waals surface area (Å²) in [6, 6.07) is 7.09. The van der Waals surface area contributed by atoms with Gasteiger partial charge in [-0.05, 0) is 38.5 Å². The fraction of sp³-hybridized carbons (Fsp3) is 0.455. The minimum atomic E-state index is -3.20. The van der Waals surface area contributed by atoms with Crippen molar-refractivity contribution in [2.45, 2.75) is 26.3 Å². The fourth-order valence-corrected chi connectivity index (χ4v) is 1.86. The van der Waals surface area contributed by atoms with E-state index in [0.29, 0.717) is 5.69 Å². The molecule has 1 aromatic carbocycles. The van der Waals surface area contributed by atoms with Gasteiger partial charge in [-0.1, -0.05) is 12.1 Å². The highest BCUT2D eigenvalue weighted by atomic mass is 32.2. The molecule has 0 heterocycles. The molecule has 0 atom stereocenters. The second kappa shape index (κ2) is 4.43. The van der Waals surface area contributed by atoms with Gasteiger partial charge in [0, 0.05) is 11.2 Å². The second-order valence-corrected chi connectivity index (χ2v) is 6.32. The van der Waals surface area contributed by atoms with Gasteiger partial charge in [0.25, 0.3) is 0 Å². The normalized spacial score (nSPS) is 12.5. The van der Waals surface area contributed by atoms with Gasteiger partial charge >= 0.3 is 0 Å². The van der Waals surface area contributed by atoms with E-state index in [-0.39, 0.29) is 5.75 Å². The van der Waals surface area contributed by atoms with E-state index in [1.165, 1.54) is 0 Å². The molecule has 3 N–H and O–H groups in total. The predicted octanol–water partition coefficient (Wildman–Crippen LogP) is 1.64. The number of anilines is 1. The molecule has 5 heteroatoms. The van der Waals surface area contributed by atoms with Gasteiger partial charge in [0.05, 0.1) is 5.75 Å². The Labute approximate surface area is 96.9 Å². The van der Waals surface area contributed by atoms with Crippen molar-refractivity contribution in [1.29, 1.82) is 0 Å². The van der Waals surface area contributed by atoms with E-state index >= 15 is 0 Å². The molecule has 0 unspecified atom stereocenters. The summed E-state index contributed by atoms with van der Waals surface area (Å²) in [6.45, 7) is 5.40. The molecule has 0 radical (unpaired) electrons. The summed E-state index contributed by atoms with van der Waals surface area (Å²) in [4.78, 5) is 0. The molecule has 4 nitrogen and oxygen atoms in total. The van der Waals surface area contributed by atoms with Crippen LogP contribution in [0.1, 0.15) is 26.3 Å². The maximum absolute atomic E-state index is 11.3. The van der Waals surface area contributed by atoms with Gasteiger partial charge in [-0.25, -0.2) is 8.42 Å². The van der Waals surface area contributed by atoms with Crippen LogP contribution in [0.5, 0.6) is 0 Å². The monoisotopic (exact) mass is 242 g/mol. The minimum absolute atomic E-state index is 0.0666. The van der Waals surface area contributed by atoms with Crippen LogP contribution in [-0.4, -0.2) is 14.2 Å². The molecular formula is C11H18N2O2S. The van der Waals surface area contributed by atoms with Gasteiger partial charge in [0.2, 0.25) is 10.0 Å². The third kappa shape index (κ3) is 3.50. The maximum atomic E-state index is 11.3. The predicted molar refractivity (Wildman–Crippen MR) is 66.7 cm³/mol. The van der Waals surface area contributed by atoms with Gasteiger partial charge in [0.1, 0.15) is 0 Å². The molecule has 1 aromatic rings. The zero-order chi connectivity index (χ0) is 12.4. The van der Waals surface area contributed by atoms with Gasteiger partial charge in [-0.15, -0.1) is 0 Å². The lowest BCUT2D eigenvalue weighted by atomic mass is 9.96. The van der Waals surface area contributed by atoms with Crippen LogP contribution in [0.4, 0.5) is 5.69 Å². The van der Waals surface area contributed by atoms with E-state index in [1.54, 1.807) is 19.1 Å². The Kier molecular flexibility index (Phi) is 3.60. The molecule has 0 aromatic heterocycles. The zero-order valence-electron chi connectivity index (χ0n) is 9.82. The Morgan fingerprint density at radius 1 is 1.25 bits per heavy atom. The smallest absolute Gasteiger partial charge is 0.232 e. The van der Waals surface area contributed by atoms with Crippen LogP contribution in [0.3, 0.4) is 0 Å². The molecule has 0 amide bonds. The van der Waals surface area contributed by atoms with E-state index in [1.807, 2.05) is 26.0 Å². The quantitative estimate of drug-likeness (QED) is 0.843. The van der Waals surface area contributed by atoms with Crippen LogP contribution in [0.2, 0.25) is 0 Å². The molecular weight excluding hydrogens is 224 g/mol. The first-order valence-electron chi connectivity index (χ1n) is 5.14. The SMILES string of the molecule is CCS(=O)(=O)Nc1ccc(C(C)(C)N)cc1. The molecule has 0 aliphatic carbocycles. The van der Waals surface area contributed by atoms with Gasteiger partial charge in [0.15, 0.2) is 0 Å². The lowest BCUT2D eigenvalue weighted by molar-refractivity contribution is 0.554. The summed E-state index contributed by atoms with van der Waals surface area (Å²) in [7, 11) is -3.20. The van der Waals surface area contributed by atoms with Gasteiger partial charge in [-0.2, -0.15) is 0 Å². The maximum Gasteiger partial charge on any atom is 0.232 e. The minimum Gasteiger partial charge on any atom is -0.322 e. The lowest BCUT2D eigenvalue weighted by Gasteiger charge is -2.19. The summed E-state index contributed by atoms with van der Waals surface area (Å²) >= 11 is 0. The summed E-state index contributed by atoms with van der Waals surface area (Å²) in [6.07, 6.45) is 0. The number of sulfonamides is 1. The molecule has 0 aliphatic heterocycles. The summed E-state index contributed by atoms with van der Waals surface area (Å²) in [5.41, 5.74) is 7.04. The Morgan fingerprint density at radius 3 is 2.12 bits per heavy atom. The highest BCUT2D eigenvalue weighted by molar-refractivity contribution is 7.92. The lowest BCUT2D eigenvalue weighted by Crippen LogP contribution is -2.28. The summed E-state index contributed by atoms with van der Waals surface area (Å²) in [5, 5.41) is 0. The highest BCUT2D eigenvalue weighted by Gasteiger charge is 2.14. The number of hydrogen-bond acceptors (Lipinski definition) is 3. The van der Waals surface area contributed by atoms with E-state index in [0.717, 1.165) is 5.56 Å². The second-order valence-electron chi connectivity index (χ2n) is 4.30. The van der Waals surface area contributed by atoms with Crippen molar-refractivity contribution in [3.05, 3.63) is 29.8 Å². The zero-order valence-corrected chi connectivity index (χ0v) is 10.6. The molecule has 0 fully saturated rings. The largest absolute Gasteiger partial charge is 0.322 e. The van der Waals surface area contributed by atoms with Crippen molar-refractivity contribution in [2.24, 2.45) is 5.73 Å². The topological polar surface area (TPSA) is 72.2 Å². The van der Waals surface area contributed by atoms with E-state index in [4.69, 9.17) is 5.73 Å². The Morgan fingerprint density at radius 2 is 1.75 bits per heavy atom. The first-order valence-corrected chi connectivity index (χ1v) is 6.80. The standard InChI is InChI=1S/C11H18N2O2S/c1-4-16(14,15)13-10-7-5-9(6-8-10)11(2,3)12/h5-8,13H,4,12H2,1-3H3. The molecule has 1 rings (SSSR count). The van der Waals surface area contributed by atoms with Crippen LogP contribution >= 0.6 is 0 Å². The van der Waals surface area contributed by atoms with Crippen LogP contribution in [0, 0.1) is 0 Å². The van der Waals surface area contributed by atoms with Gasteiger partial charge in [-0.3, -0.25) is 4.72 Å². The van der Waals surface area contributed by atoms with Crippen molar-refractivity contribution >= 4 is 15.7 Å². The third-order valence-corrected chi connectivity index (χ3v) is 3.59. The van der Waals surface area contributed by atoms with Crippen LogP contribution in [0.25, 0.3) is 0 Å². The number of nitrogens with two attached hydrogens (primary N) is 1. The summed E-state index contributed by atoms with van der Waals surface area (Å²) < 4.78 is 25.1. The van der Waals surface area contributed by atoms with Crippen LogP contribution < -0.4 is 10.5 Å². The molecule has 16 heavy (non-hydrogen) atoms. The number of nitrogens with one attached hydrogen (secondary N) is 1. The Balaban J connectivity index is 2.89. The van der Waals surface area contributed by atoms with Crippen molar-refractivity contribution in [2.75, 3.05) is 10.5 Å². The Hall–Kier alpha value is -1.07. The van der Waals surface area contributed by atoms with E-state index in [2.05, 4.69) is 4.72 Å². The summed E-state index contributed by atoms with van der Waals surface area (Å²) in [5.74, 6) is 0.0666. The van der Waals surface area contributed by atoms with Crippen molar-refractivity contribution in [3.8, 4) is 0 Å².